The van der Waals surface area contributed by atoms with Crippen molar-refractivity contribution in [2.24, 2.45) is 0 Å². The van der Waals surface area contributed by atoms with Crippen molar-refractivity contribution in [2.45, 2.75) is 245 Å². The van der Waals surface area contributed by atoms with Gasteiger partial charge >= 0.3 is 17.9 Å². The Morgan fingerprint density at radius 2 is 0.635 bits per heavy atom. The minimum absolute atomic E-state index is 0.174. The molecular formula is C76H122NO8+. The lowest BCUT2D eigenvalue weighted by Crippen LogP contribution is -2.40. The zero-order valence-corrected chi connectivity index (χ0v) is 54.4. The highest BCUT2D eigenvalue weighted by Crippen LogP contribution is 2.15. The molecule has 0 bridgehead atoms. The Morgan fingerprint density at radius 3 is 0.941 bits per heavy atom. The number of unbranched alkanes of at least 4 members (excludes halogenated alkanes) is 16. The van der Waals surface area contributed by atoms with Crippen molar-refractivity contribution in [3.05, 3.63) is 170 Å². The molecule has 9 nitrogen and oxygen atoms in total. The highest BCUT2D eigenvalue weighted by Gasteiger charge is 2.25. The van der Waals surface area contributed by atoms with Crippen LogP contribution in [0.2, 0.25) is 0 Å². The van der Waals surface area contributed by atoms with E-state index in [4.69, 9.17) is 18.9 Å². The molecule has 0 aliphatic heterocycles. The number of hydrogen-bond donors (Lipinski definition) is 1. The van der Waals surface area contributed by atoms with Crippen molar-refractivity contribution < 1.29 is 42.9 Å². The molecule has 0 aliphatic carbocycles. The molecule has 0 amide bonds. The number of carbonyl (C=O) groups is 3. The van der Waals surface area contributed by atoms with Crippen LogP contribution in [-0.4, -0.2) is 87.4 Å². The van der Waals surface area contributed by atoms with E-state index in [0.717, 1.165) is 141 Å². The highest BCUT2D eigenvalue weighted by atomic mass is 16.7. The molecule has 0 aromatic carbocycles. The molecule has 9 heteroatoms. The Kier molecular flexibility index (Phi) is 60.6. The Balaban J connectivity index is 4.22. The monoisotopic (exact) mass is 1180 g/mol. The summed E-state index contributed by atoms with van der Waals surface area (Å²) in [5.74, 6) is -2.06. The standard InChI is InChI=1S/C76H121NO8/c1-6-8-10-12-14-16-18-20-22-24-26-28-30-31-32-33-34-35-36-37-38-39-40-41-42-43-45-47-49-51-53-55-57-59-61-63-65-67-74(79)85-72(71-84-76(75(80)81)82-69-68-77(3,4)5)70-83-73(78)66-64-62-60-58-56-54-52-50-48-46-44-29-27-25-23-21-19-17-15-13-11-9-7-2/h8-11,14-17,20-23,26-29,31-32,34-35,37-38,40-41,46,48,52,54,72,76H,6-7,12-13,18-19,24-25,30,33,36,39,42-45,47,49-51,53,55-71H2,1-5H3/p+1/b10-8-,11-9-,16-14-,17-15-,22-20-,23-21-,28-26-,29-27-,32-31-,35-34-,38-37-,41-40-,48-46-,54-52-. The number of hydrogen-bond acceptors (Lipinski definition) is 7. The molecule has 85 heavy (non-hydrogen) atoms. The van der Waals surface area contributed by atoms with Crippen LogP contribution in [0.4, 0.5) is 0 Å². The zero-order valence-electron chi connectivity index (χ0n) is 54.4. The molecule has 0 aromatic heterocycles. The number of aliphatic carboxylic acids is 1. The fourth-order valence-corrected chi connectivity index (χ4v) is 8.44. The van der Waals surface area contributed by atoms with E-state index in [0.29, 0.717) is 23.9 Å². The van der Waals surface area contributed by atoms with Crippen LogP contribution < -0.4 is 0 Å². The first-order chi connectivity index (χ1) is 41.6. The molecule has 0 aliphatic rings. The first-order valence-electron chi connectivity index (χ1n) is 33.3. The summed E-state index contributed by atoms with van der Waals surface area (Å²) in [5, 5.41) is 9.73. The van der Waals surface area contributed by atoms with Crippen LogP contribution in [0, 0.1) is 0 Å². The number of carboxylic acid groups (broad SMARTS) is 1. The largest absolute Gasteiger partial charge is 0.477 e. The van der Waals surface area contributed by atoms with Gasteiger partial charge in [0.1, 0.15) is 13.2 Å². The lowest BCUT2D eigenvalue weighted by Gasteiger charge is -2.25. The number of rotatable bonds is 59. The van der Waals surface area contributed by atoms with Gasteiger partial charge in [0.25, 0.3) is 6.29 Å². The molecular weight excluding hydrogens is 1050 g/mol. The molecule has 2 unspecified atom stereocenters. The Morgan fingerprint density at radius 1 is 0.353 bits per heavy atom. The predicted octanol–water partition coefficient (Wildman–Crippen LogP) is 20.7. The van der Waals surface area contributed by atoms with Crippen LogP contribution in [0.1, 0.15) is 232 Å². The van der Waals surface area contributed by atoms with Gasteiger partial charge in [0, 0.05) is 12.8 Å². The van der Waals surface area contributed by atoms with Gasteiger partial charge in [0.2, 0.25) is 0 Å². The number of carbonyl (C=O) groups excluding carboxylic acids is 2. The lowest BCUT2D eigenvalue weighted by molar-refractivity contribution is -0.870. The normalized spacial score (nSPS) is 13.8. The fraction of sp³-hybridized carbons (Fsp3) is 0.592. The van der Waals surface area contributed by atoms with Gasteiger partial charge in [-0.2, -0.15) is 0 Å². The molecule has 2 atom stereocenters. The fourth-order valence-electron chi connectivity index (χ4n) is 8.44. The molecule has 0 radical (unpaired) electrons. The van der Waals surface area contributed by atoms with Crippen molar-refractivity contribution >= 4 is 17.9 Å². The van der Waals surface area contributed by atoms with E-state index in [9.17, 15) is 19.5 Å². The van der Waals surface area contributed by atoms with Crippen LogP contribution in [0.5, 0.6) is 0 Å². The number of allylic oxidation sites excluding steroid dienone is 28. The van der Waals surface area contributed by atoms with Crippen LogP contribution in [0.15, 0.2) is 170 Å². The molecule has 0 rings (SSSR count). The van der Waals surface area contributed by atoms with Crippen molar-refractivity contribution in [2.75, 3.05) is 47.5 Å². The second kappa shape index (κ2) is 64.6. The van der Waals surface area contributed by atoms with E-state index in [2.05, 4.69) is 184 Å². The van der Waals surface area contributed by atoms with Gasteiger partial charge in [0.15, 0.2) is 6.10 Å². The summed E-state index contributed by atoms with van der Waals surface area (Å²) in [6.07, 6.45) is 94.5. The number of nitrogens with zero attached hydrogens (tertiary/aromatic N) is 1. The second-order valence-corrected chi connectivity index (χ2v) is 22.7. The maximum Gasteiger partial charge on any atom is 0.361 e. The molecule has 1 N–H and O–H groups in total. The second-order valence-electron chi connectivity index (χ2n) is 22.7. The average Bonchev–Trinajstić information content (AvgIpc) is 3.48. The summed E-state index contributed by atoms with van der Waals surface area (Å²) in [6.45, 7) is 4.60. The van der Waals surface area contributed by atoms with Gasteiger partial charge in [-0.1, -0.05) is 261 Å². The lowest BCUT2D eigenvalue weighted by atomic mass is 10.0. The number of likely N-dealkylation sites (N-methyl/N-ethyl adjacent to an activating group) is 1. The van der Waals surface area contributed by atoms with Crippen LogP contribution in [0.25, 0.3) is 0 Å². The number of esters is 2. The van der Waals surface area contributed by atoms with E-state index < -0.39 is 24.3 Å². The molecule has 0 heterocycles. The third-order valence-electron chi connectivity index (χ3n) is 13.5. The SMILES string of the molecule is CC/C=C\C/C=C\C/C=C\C/C=C\C/C=C\C/C=C\C/C=C\C/C=C\CCCCCCCCCCCCCCC(=O)OC(COC(=O)CCCCCC/C=C\C/C=C\C/C=C\C/C=C\C/C=C\C/C=C\CC)COC(OCC[N+](C)(C)C)C(=O)O. The molecule has 478 valence electrons. The molecule has 0 saturated carbocycles. The van der Waals surface area contributed by atoms with E-state index in [1.54, 1.807) is 0 Å². The maximum atomic E-state index is 12.9. The maximum absolute atomic E-state index is 12.9. The van der Waals surface area contributed by atoms with Crippen molar-refractivity contribution in [1.82, 2.24) is 0 Å². The minimum atomic E-state index is -1.53. The first kappa shape index (κ1) is 79.7. The van der Waals surface area contributed by atoms with Gasteiger partial charge in [-0.15, -0.1) is 0 Å². The van der Waals surface area contributed by atoms with E-state index in [-0.39, 0.29) is 38.6 Å². The third kappa shape index (κ3) is 66.0. The molecule has 0 fully saturated rings. The summed E-state index contributed by atoms with van der Waals surface area (Å²) < 4.78 is 22.9. The predicted molar refractivity (Wildman–Crippen MR) is 363 cm³/mol. The van der Waals surface area contributed by atoms with Crippen molar-refractivity contribution in [3.8, 4) is 0 Å². The molecule has 0 aromatic rings. The first-order valence-corrected chi connectivity index (χ1v) is 33.3. The smallest absolute Gasteiger partial charge is 0.361 e. The Labute approximate surface area is 520 Å². The van der Waals surface area contributed by atoms with Crippen LogP contribution in [0.3, 0.4) is 0 Å². The highest BCUT2D eigenvalue weighted by molar-refractivity contribution is 5.71. The van der Waals surface area contributed by atoms with Gasteiger partial charge in [-0.3, -0.25) is 9.59 Å². The number of carboxylic acids is 1. The van der Waals surface area contributed by atoms with Crippen LogP contribution >= 0.6 is 0 Å². The van der Waals surface area contributed by atoms with Crippen molar-refractivity contribution in [3.63, 3.8) is 0 Å². The summed E-state index contributed by atoms with van der Waals surface area (Å²) >= 11 is 0. The molecule has 0 saturated heterocycles. The van der Waals surface area contributed by atoms with Gasteiger partial charge in [-0.05, 0) is 128 Å². The number of quaternary nitrogens is 1. The topological polar surface area (TPSA) is 108 Å². The third-order valence-corrected chi connectivity index (χ3v) is 13.5. The van der Waals surface area contributed by atoms with Gasteiger partial charge < -0.3 is 28.5 Å². The summed E-state index contributed by atoms with van der Waals surface area (Å²) in [6, 6.07) is 0. The quantitative estimate of drug-likeness (QED) is 0.0211. The summed E-state index contributed by atoms with van der Waals surface area (Å²) in [5.41, 5.74) is 0. The Bertz CT molecular complexity index is 2000. The molecule has 0 spiro atoms. The van der Waals surface area contributed by atoms with Gasteiger partial charge in [0.05, 0.1) is 34.4 Å². The van der Waals surface area contributed by atoms with E-state index in [1.165, 1.54) is 51.4 Å². The van der Waals surface area contributed by atoms with E-state index in [1.807, 2.05) is 21.1 Å². The minimum Gasteiger partial charge on any atom is -0.477 e. The summed E-state index contributed by atoms with van der Waals surface area (Å²) in [4.78, 5) is 37.6. The average molecular weight is 1180 g/mol. The van der Waals surface area contributed by atoms with Crippen LogP contribution in [-0.2, 0) is 33.3 Å². The summed E-state index contributed by atoms with van der Waals surface area (Å²) in [7, 11) is 5.95. The van der Waals surface area contributed by atoms with Crippen molar-refractivity contribution in [1.29, 1.82) is 0 Å². The number of ether oxygens (including phenoxy) is 4. The van der Waals surface area contributed by atoms with E-state index >= 15 is 0 Å². The Hall–Kier alpha value is -5.35. The van der Waals surface area contributed by atoms with Gasteiger partial charge in [-0.25, -0.2) is 4.79 Å². The zero-order chi connectivity index (χ0) is 61.9.